The Morgan fingerprint density at radius 3 is 2.34 bits per heavy atom. The van der Waals surface area contributed by atoms with E-state index in [0.717, 1.165) is 16.2 Å². The van der Waals surface area contributed by atoms with Gasteiger partial charge >= 0.3 is 12.1 Å². The second kappa shape index (κ2) is 15.9. The number of nitrogens with one attached hydrogen (secondary N) is 2. The number of piperazine rings is 1. The molecular weight excluding hydrogens is 718 g/mol. The molecule has 2 saturated heterocycles. The van der Waals surface area contributed by atoms with Crippen LogP contribution in [0, 0.1) is 0 Å². The molecule has 276 valence electrons. The maximum absolute atomic E-state index is 13.5. The van der Waals surface area contributed by atoms with Crippen molar-refractivity contribution >= 4 is 82.6 Å². The fraction of sp³-hybridized carbons (Fsp3) is 0.600. The first kappa shape index (κ1) is 40.5. The number of ether oxygens (including phenoxy) is 2. The fourth-order valence-electron chi connectivity index (χ4n) is 5.30. The lowest BCUT2D eigenvalue weighted by molar-refractivity contribution is -0.908. The summed E-state index contributed by atoms with van der Waals surface area (Å²) < 4.78 is 11.1. The van der Waals surface area contributed by atoms with Crippen molar-refractivity contribution in [1.82, 2.24) is 20.1 Å². The summed E-state index contributed by atoms with van der Waals surface area (Å²) in [7, 11) is 1.96. The second-order valence-electron chi connectivity index (χ2n) is 13.9. The third kappa shape index (κ3) is 10.1. The second-order valence-corrected chi connectivity index (χ2v) is 15.9. The number of aromatic nitrogens is 1. The summed E-state index contributed by atoms with van der Waals surface area (Å²) in [5.74, 6) is -3.51. The van der Waals surface area contributed by atoms with E-state index < -0.39 is 59.1 Å². The van der Waals surface area contributed by atoms with E-state index in [4.69, 9.17) is 14.3 Å². The van der Waals surface area contributed by atoms with Gasteiger partial charge in [0.1, 0.15) is 34.9 Å². The molecule has 0 aliphatic carbocycles. The number of aliphatic carboxylic acids is 1. The van der Waals surface area contributed by atoms with Crippen molar-refractivity contribution in [3.63, 3.8) is 0 Å². The molecule has 2 N–H and O–H groups in total. The number of anilines is 1. The van der Waals surface area contributed by atoms with Gasteiger partial charge in [-0.05, 0) is 41.5 Å². The van der Waals surface area contributed by atoms with Gasteiger partial charge in [-0.3, -0.25) is 24.2 Å². The molecule has 4 rings (SSSR count). The molecule has 2 atom stereocenters. The summed E-state index contributed by atoms with van der Waals surface area (Å²) in [6.45, 7) is 12.0. The Balaban J connectivity index is 0.00000676. The molecule has 0 unspecified atom stereocenters. The van der Waals surface area contributed by atoms with Crippen LogP contribution in [-0.4, -0.2) is 136 Å². The van der Waals surface area contributed by atoms with Crippen LogP contribution in [0.5, 0.6) is 0 Å². The van der Waals surface area contributed by atoms with Crippen molar-refractivity contribution in [2.75, 3.05) is 57.4 Å². The number of thiazole rings is 1. The third-order valence-electron chi connectivity index (χ3n) is 7.47. The monoisotopic (exact) mass is 759 g/mol. The van der Waals surface area contributed by atoms with Crippen molar-refractivity contribution in [3.05, 3.63) is 22.3 Å². The summed E-state index contributed by atoms with van der Waals surface area (Å²) in [4.78, 5) is 86.7. The number of amides is 4. The zero-order valence-corrected chi connectivity index (χ0v) is 31.3. The Labute approximate surface area is 303 Å². The van der Waals surface area contributed by atoms with Crippen molar-refractivity contribution in [1.29, 1.82) is 0 Å². The zero-order chi connectivity index (χ0) is 36.3. The molecule has 4 heterocycles. The summed E-state index contributed by atoms with van der Waals surface area (Å²) in [5.41, 5.74) is -1.50. The molecular formula is C30H42ClN7O10S2. The van der Waals surface area contributed by atoms with Gasteiger partial charge in [0.15, 0.2) is 10.8 Å². The molecule has 0 radical (unpaired) electrons. The number of carbonyl (C=O) groups excluding carboxylic acids is 6. The first-order chi connectivity index (χ1) is 22.8. The lowest BCUT2D eigenvalue weighted by atomic mass is 10.0. The SMILES string of the molecule is CC(C)(C)OC(=O)CON=C(C(=O)N[C@@H]1C(=O)N2C(C(=O)[O-])=C(C[N+]3(C)CCN(C(=O)OC(C)(C)C)CC3)CS[C@@H]12)c1csc(NC=O)n1.Cl. The molecule has 17 nitrogen and oxygen atoms in total. The predicted molar refractivity (Wildman–Crippen MR) is 183 cm³/mol. The van der Waals surface area contributed by atoms with E-state index in [1.54, 1.807) is 46.4 Å². The maximum atomic E-state index is 13.5. The quantitative estimate of drug-likeness (QED) is 0.0780. The number of rotatable bonds is 11. The number of esters is 1. The van der Waals surface area contributed by atoms with Crippen LogP contribution in [0.3, 0.4) is 0 Å². The lowest BCUT2D eigenvalue weighted by Crippen LogP contribution is -2.72. The summed E-state index contributed by atoms with van der Waals surface area (Å²) in [6, 6.07) is -1.11. The largest absolute Gasteiger partial charge is 0.543 e. The number of carboxylic acids is 1. The maximum Gasteiger partial charge on any atom is 0.410 e. The van der Waals surface area contributed by atoms with Crippen molar-refractivity contribution < 1.29 is 52.7 Å². The van der Waals surface area contributed by atoms with Crippen LogP contribution in [-0.2, 0) is 38.3 Å². The molecule has 0 saturated carbocycles. The van der Waals surface area contributed by atoms with E-state index in [1.165, 1.54) is 17.1 Å². The average Bonchev–Trinajstić information content (AvgIpc) is 3.44. The molecule has 1 aromatic rings. The van der Waals surface area contributed by atoms with Crippen molar-refractivity contribution in [3.8, 4) is 0 Å². The summed E-state index contributed by atoms with van der Waals surface area (Å²) in [5, 5.41) is 22.0. The Morgan fingerprint density at radius 1 is 1.12 bits per heavy atom. The number of likely N-dealkylation sites (N-methyl/N-ethyl adjacent to an activating group) is 1. The molecule has 4 amide bonds. The molecule has 2 fully saturated rings. The standard InChI is InChI=1S/C30H41N7O10S2.ClH/c1-29(2,3)46-19(39)13-45-34-20(18-15-49-27(32-18)31-16-38)23(40)33-21-24(41)36-22(26(42)43)17(14-48-25(21)36)12-37(7)10-8-35(9-11-37)28(44)47-30(4,5)6;/h15-16,21,25H,8-14H2,1-7H3,(H2-,31,32,33,38,40,42,43);1H/t21-,25+;/m1./s1. The number of β-lactam (4-membered cyclic amide) rings is 1. The molecule has 0 aromatic carbocycles. The van der Waals surface area contributed by atoms with E-state index in [9.17, 15) is 33.9 Å². The van der Waals surface area contributed by atoms with Gasteiger partial charge in [0.25, 0.3) is 11.8 Å². The van der Waals surface area contributed by atoms with Gasteiger partial charge in [-0.25, -0.2) is 14.6 Å². The minimum atomic E-state index is -1.51. The molecule has 3 aliphatic heterocycles. The normalized spacial score (nSPS) is 20.5. The van der Waals surface area contributed by atoms with Gasteiger partial charge < -0.3 is 39.3 Å². The summed E-state index contributed by atoms with van der Waals surface area (Å²) >= 11 is 2.29. The van der Waals surface area contributed by atoms with Crippen LogP contribution in [0.1, 0.15) is 47.2 Å². The van der Waals surface area contributed by atoms with Gasteiger partial charge in [0, 0.05) is 16.7 Å². The number of carbonyl (C=O) groups is 6. The van der Waals surface area contributed by atoms with Crippen LogP contribution in [0.2, 0.25) is 0 Å². The molecule has 3 aliphatic rings. The zero-order valence-electron chi connectivity index (χ0n) is 28.8. The van der Waals surface area contributed by atoms with Gasteiger partial charge in [0.05, 0.1) is 44.9 Å². The highest BCUT2D eigenvalue weighted by Crippen LogP contribution is 2.41. The van der Waals surface area contributed by atoms with E-state index in [-0.39, 0.29) is 40.4 Å². The first-order valence-electron chi connectivity index (χ1n) is 15.4. The average molecular weight is 760 g/mol. The number of quaternary nitrogens is 1. The van der Waals surface area contributed by atoms with E-state index in [2.05, 4.69) is 20.8 Å². The number of hydrogen-bond acceptors (Lipinski definition) is 14. The van der Waals surface area contributed by atoms with Gasteiger partial charge in [0.2, 0.25) is 13.0 Å². The highest BCUT2D eigenvalue weighted by molar-refractivity contribution is 8.00. The Bertz CT molecular complexity index is 1560. The van der Waals surface area contributed by atoms with Crippen LogP contribution in [0.4, 0.5) is 9.93 Å². The van der Waals surface area contributed by atoms with Crippen molar-refractivity contribution in [2.45, 2.75) is 64.2 Å². The van der Waals surface area contributed by atoms with E-state index >= 15 is 0 Å². The van der Waals surface area contributed by atoms with Crippen LogP contribution in [0.15, 0.2) is 21.8 Å². The van der Waals surface area contributed by atoms with Crippen LogP contribution in [0.25, 0.3) is 0 Å². The van der Waals surface area contributed by atoms with Gasteiger partial charge in [-0.15, -0.1) is 35.5 Å². The number of nitrogens with zero attached hydrogens (tertiary/aromatic N) is 5. The topological polar surface area (TPSA) is 209 Å². The molecule has 50 heavy (non-hydrogen) atoms. The minimum Gasteiger partial charge on any atom is -0.543 e. The van der Waals surface area contributed by atoms with Gasteiger partial charge in [-0.1, -0.05) is 5.16 Å². The van der Waals surface area contributed by atoms with Gasteiger partial charge in [-0.2, -0.15) is 0 Å². The Morgan fingerprint density at radius 2 is 1.76 bits per heavy atom. The molecule has 1 aromatic heterocycles. The highest BCUT2D eigenvalue weighted by atomic mass is 35.5. The first-order valence-corrected chi connectivity index (χ1v) is 17.3. The Hall–Kier alpha value is -3.94. The summed E-state index contributed by atoms with van der Waals surface area (Å²) in [6.07, 6.45) is 0.00272. The number of halogens is 1. The van der Waals surface area contributed by atoms with E-state index in [1.807, 2.05) is 7.05 Å². The van der Waals surface area contributed by atoms with Crippen molar-refractivity contribution in [2.24, 2.45) is 5.16 Å². The Kier molecular flexibility index (Phi) is 12.9. The number of oxime groups is 1. The number of carboxylic acid groups (broad SMARTS) is 1. The van der Waals surface area contributed by atoms with Crippen LogP contribution >= 0.6 is 35.5 Å². The third-order valence-corrected chi connectivity index (χ3v) is 9.59. The fourth-order valence-corrected chi connectivity index (χ4v) is 7.29. The smallest absolute Gasteiger partial charge is 0.410 e. The number of hydrogen-bond donors (Lipinski definition) is 2. The lowest BCUT2D eigenvalue weighted by Gasteiger charge is -2.51. The minimum absolute atomic E-state index is 0. The van der Waals surface area contributed by atoms with E-state index in [0.29, 0.717) is 49.2 Å². The molecule has 0 bridgehead atoms. The highest BCUT2D eigenvalue weighted by Gasteiger charge is 2.54. The predicted octanol–water partition coefficient (Wildman–Crippen LogP) is 0.297. The number of thioether (sulfide) groups is 1. The molecule has 0 spiro atoms. The number of fused-ring (bicyclic) bond motifs is 1. The van der Waals surface area contributed by atoms with Crippen LogP contribution < -0.4 is 15.7 Å². The molecule has 20 heteroatoms.